The first-order valence-electron chi connectivity index (χ1n) is 10.8. The predicted octanol–water partition coefficient (Wildman–Crippen LogP) is 5.96. The molecular formula is C22H41NO3. The molecule has 0 aromatic rings. The number of carbonyl (C=O) groups is 2. The van der Waals surface area contributed by atoms with Crippen molar-refractivity contribution < 1.29 is 14.7 Å². The van der Waals surface area contributed by atoms with Gasteiger partial charge in [0.1, 0.15) is 6.54 Å². The van der Waals surface area contributed by atoms with Crippen LogP contribution in [0.4, 0.5) is 0 Å². The summed E-state index contributed by atoms with van der Waals surface area (Å²) in [6.45, 7) is 4.36. The monoisotopic (exact) mass is 367 g/mol. The Morgan fingerprint density at radius 3 is 1.77 bits per heavy atom. The van der Waals surface area contributed by atoms with Gasteiger partial charge in [-0.2, -0.15) is 0 Å². The molecule has 0 aliphatic rings. The minimum atomic E-state index is -0.940. The number of aliphatic carboxylic acids is 1. The second-order valence-electron chi connectivity index (χ2n) is 7.14. The molecular weight excluding hydrogens is 326 g/mol. The minimum Gasteiger partial charge on any atom is -0.480 e. The third-order valence-electron chi connectivity index (χ3n) is 4.71. The zero-order chi connectivity index (χ0) is 19.5. The standard InChI is InChI=1S/C22H41NO3/c1-3-5-6-7-8-9-10-11-12-13-14-15-16-17-18-19-21(24)23(4-2)20-22(25)26/h11-12H,3-10,13-20H2,1-2H3,(H,25,26)/b12-11+. The Morgan fingerprint density at radius 1 is 0.769 bits per heavy atom. The zero-order valence-electron chi connectivity index (χ0n) is 17.2. The van der Waals surface area contributed by atoms with Crippen LogP contribution in [0.1, 0.15) is 104 Å². The van der Waals surface area contributed by atoms with Gasteiger partial charge in [-0.3, -0.25) is 9.59 Å². The highest BCUT2D eigenvalue weighted by Crippen LogP contribution is 2.10. The molecule has 0 saturated carbocycles. The fourth-order valence-electron chi connectivity index (χ4n) is 3.04. The molecule has 0 unspecified atom stereocenters. The van der Waals surface area contributed by atoms with Gasteiger partial charge in [0.2, 0.25) is 5.91 Å². The summed E-state index contributed by atoms with van der Waals surface area (Å²) in [4.78, 5) is 24.0. The SMILES string of the molecule is CCCCCCCC/C=C/CCCCCCCC(=O)N(CC)CC(=O)O. The molecule has 0 aliphatic heterocycles. The number of hydrogen-bond acceptors (Lipinski definition) is 2. The smallest absolute Gasteiger partial charge is 0.323 e. The number of unbranched alkanes of at least 4 members (excludes halogenated alkanes) is 11. The van der Waals surface area contributed by atoms with Gasteiger partial charge in [0.05, 0.1) is 0 Å². The van der Waals surface area contributed by atoms with Crippen molar-refractivity contribution >= 4 is 11.9 Å². The highest BCUT2D eigenvalue weighted by atomic mass is 16.4. The van der Waals surface area contributed by atoms with Gasteiger partial charge >= 0.3 is 5.97 Å². The van der Waals surface area contributed by atoms with Crippen LogP contribution in [0.3, 0.4) is 0 Å². The third kappa shape index (κ3) is 16.2. The van der Waals surface area contributed by atoms with Crippen LogP contribution in [0.5, 0.6) is 0 Å². The second-order valence-corrected chi connectivity index (χ2v) is 7.14. The van der Waals surface area contributed by atoms with Crippen molar-refractivity contribution in [3.63, 3.8) is 0 Å². The van der Waals surface area contributed by atoms with Gasteiger partial charge in [0.25, 0.3) is 0 Å². The van der Waals surface area contributed by atoms with E-state index in [0.29, 0.717) is 13.0 Å². The Bertz CT molecular complexity index is 380. The summed E-state index contributed by atoms with van der Waals surface area (Å²) in [6, 6.07) is 0. The van der Waals surface area contributed by atoms with Crippen LogP contribution in [0, 0.1) is 0 Å². The summed E-state index contributed by atoms with van der Waals surface area (Å²) in [7, 11) is 0. The third-order valence-corrected chi connectivity index (χ3v) is 4.71. The molecule has 1 amide bonds. The van der Waals surface area contributed by atoms with E-state index in [0.717, 1.165) is 25.7 Å². The molecule has 0 aromatic heterocycles. The van der Waals surface area contributed by atoms with Gasteiger partial charge in [-0.15, -0.1) is 0 Å². The average molecular weight is 368 g/mol. The number of allylic oxidation sites excluding steroid dienone is 2. The topological polar surface area (TPSA) is 57.6 Å². The van der Waals surface area contributed by atoms with Gasteiger partial charge < -0.3 is 10.0 Å². The maximum atomic E-state index is 11.9. The number of carboxylic acids is 1. The van der Waals surface area contributed by atoms with Crippen LogP contribution < -0.4 is 0 Å². The molecule has 0 aliphatic carbocycles. The average Bonchev–Trinajstić information content (AvgIpc) is 2.62. The first kappa shape index (κ1) is 24.7. The summed E-state index contributed by atoms with van der Waals surface area (Å²) >= 11 is 0. The fraction of sp³-hybridized carbons (Fsp3) is 0.818. The zero-order valence-corrected chi connectivity index (χ0v) is 17.2. The van der Waals surface area contributed by atoms with Gasteiger partial charge in [0.15, 0.2) is 0 Å². The predicted molar refractivity (Wildman–Crippen MR) is 109 cm³/mol. The van der Waals surface area contributed by atoms with Gasteiger partial charge in [-0.05, 0) is 39.0 Å². The number of carbonyl (C=O) groups excluding carboxylic acids is 1. The van der Waals surface area contributed by atoms with E-state index < -0.39 is 5.97 Å². The lowest BCUT2D eigenvalue weighted by Gasteiger charge is -2.18. The summed E-state index contributed by atoms with van der Waals surface area (Å²) in [6.07, 6.45) is 21.2. The van der Waals surface area contributed by atoms with E-state index >= 15 is 0 Å². The Labute approximate surface area is 161 Å². The Kier molecular flexibility index (Phi) is 17.5. The summed E-state index contributed by atoms with van der Waals surface area (Å²) in [5, 5.41) is 8.77. The van der Waals surface area contributed by atoms with Crippen molar-refractivity contribution in [2.45, 2.75) is 104 Å². The van der Waals surface area contributed by atoms with E-state index in [4.69, 9.17) is 5.11 Å². The first-order chi connectivity index (χ1) is 12.6. The van der Waals surface area contributed by atoms with Gasteiger partial charge in [0, 0.05) is 13.0 Å². The molecule has 0 aromatic carbocycles. The molecule has 0 atom stereocenters. The molecule has 0 heterocycles. The van der Waals surface area contributed by atoms with Gasteiger partial charge in [-0.1, -0.05) is 70.4 Å². The molecule has 1 N–H and O–H groups in total. The molecule has 152 valence electrons. The van der Waals surface area contributed by atoms with Crippen molar-refractivity contribution in [2.24, 2.45) is 0 Å². The number of hydrogen-bond donors (Lipinski definition) is 1. The molecule has 4 nitrogen and oxygen atoms in total. The van der Waals surface area contributed by atoms with E-state index in [9.17, 15) is 9.59 Å². The number of carboxylic acid groups (broad SMARTS) is 1. The number of likely N-dealkylation sites (N-methyl/N-ethyl adjacent to an activating group) is 1. The maximum Gasteiger partial charge on any atom is 0.323 e. The summed E-state index contributed by atoms with van der Waals surface area (Å²) < 4.78 is 0. The summed E-state index contributed by atoms with van der Waals surface area (Å²) in [5.74, 6) is -0.975. The quantitative estimate of drug-likeness (QED) is 0.240. The van der Waals surface area contributed by atoms with Gasteiger partial charge in [-0.25, -0.2) is 0 Å². The molecule has 0 fully saturated rings. The Morgan fingerprint density at radius 2 is 1.27 bits per heavy atom. The van der Waals surface area contributed by atoms with Crippen LogP contribution in [0.25, 0.3) is 0 Å². The van der Waals surface area contributed by atoms with E-state index in [2.05, 4.69) is 19.1 Å². The van der Waals surface area contributed by atoms with E-state index in [1.54, 1.807) is 0 Å². The molecule has 0 bridgehead atoms. The number of amides is 1. The van der Waals surface area contributed by atoms with Crippen LogP contribution in [0.2, 0.25) is 0 Å². The van der Waals surface area contributed by atoms with Crippen LogP contribution >= 0.6 is 0 Å². The van der Waals surface area contributed by atoms with Crippen LogP contribution in [-0.4, -0.2) is 35.0 Å². The second kappa shape index (κ2) is 18.5. The van der Waals surface area contributed by atoms with Crippen molar-refractivity contribution in [3.05, 3.63) is 12.2 Å². The van der Waals surface area contributed by atoms with E-state index in [1.807, 2.05) is 6.92 Å². The molecule has 0 rings (SSSR count). The highest BCUT2D eigenvalue weighted by molar-refractivity contribution is 5.81. The highest BCUT2D eigenvalue weighted by Gasteiger charge is 2.13. The molecule has 0 radical (unpaired) electrons. The molecule has 26 heavy (non-hydrogen) atoms. The number of rotatable bonds is 18. The molecule has 4 heteroatoms. The Hall–Kier alpha value is -1.32. The minimum absolute atomic E-state index is 0.0347. The lowest BCUT2D eigenvalue weighted by Crippen LogP contribution is -2.35. The number of nitrogens with zero attached hydrogens (tertiary/aromatic N) is 1. The van der Waals surface area contributed by atoms with Crippen molar-refractivity contribution in [1.29, 1.82) is 0 Å². The van der Waals surface area contributed by atoms with Crippen molar-refractivity contribution in [2.75, 3.05) is 13.1 Å². The largest absolute Gasteiger partial charge is 0.480 e. The molecule has 0 saturated heterocycles. The maximum absolute atomic E-state index is 11.9. The van der Waals surface area contributed by atoms with Crippen LogP contribution in [-0.2, 0) is 9.59 Å². The molecule has 0 spiro atoms. The summed E-state index contributed by atoms with van der Waals surface area (Å²) in [5.41, 5.74) is 0. The van der Waals surface area contributed by atoms with E-state index in [-0.39, 0.29) is 12.5 Å². The van der Waals surface area contributed by atoms with E-state index in [1.165, 1.54) is 62.7 Å². The lowest BCUT2D eigenvalue weighted by atomic mass is 10.1. The van der Waals surface area contributed by atoms with Crippen molar-refractivity contribution in [1.82, 2.24) is 4.90 Å². The van der Waals surface area contributed by atoms with Crippen molar-refractivity contribution in [3.8, 4) is 0 Å². The van der Waals surface area contributed by atoms with Crippen LogP contribution in [0.15, 0.2) is 12.2 Å². The fourth-order valence-corrected chi connectivity index (χ4v) is 3.04. The lowest BCUT2D eigenvalue weighted by molar-refractivity contribution is -0.144. The normalized spacial score (nSPS) is 11.2. The Balaban J connectivity index is 3.41. The first-order valence-corrected chi connectivity index (χ1v) is 10.8.